The van der Waals surface area contributed by atoms with Crippen molar-refractivity contribution in [3.8, 4) is 11.3 Å². The van der Waals surface area contributed by atoms with Crippen molar-refractivity contribution < 1.29 is 4.39 Å². The lowest BCUT2D eigenvalue weighted by atomic mass is 10.0. The predicted molar refractivity (Wildman–Crippen MR) is 76.2 cm³/mol. The van der Waals surface area contributed by atoms with Crippen molar-refractivity contribution in [2.75, 3.05) is 0 Å². The molecular weight excluding hydrogens is 309 g/mol. The van der Waals surface area contributed by atoms with Crippen LogP contribution in [-0.4, -0.2) is 9.55 Å². The van der Waals surface area contributed by atoms with Crippen molar-refractivity contribution in [1.82, 2.24) is 9.55 Å². The van der Waals surface area contributed by atoms with Gasteiger partial charge in [0, 0.05) is 22.3 Å². The smallest absolute Gasteiger partial charge is 0.132 e. The summed E-state index contributed by atoms with van der Waals surface area (Å²) in [5, 5.41) is 0. The summed E-state index contributed by atoms with van der Waals surface area (Å²) >= 11 is 3.39. The molecule has 0 saturated heterocycles. The molecule has 3 nitrogen and oxygen atoms in total. The molecular formula is C14H15BrFN3. The molecule has 100 valence electrons. The van der Waals surface area contributed by atoms with Gasteiger partial charge in [0.2, 0.25) is 0 Å². The number of benzene rings is 1. The Morgan fingerprint density at radius 3 is 3.00 bits per heavy atom. The van der Waals surface area contributed by atoms with Gasteiger partial charge in [0.1, 0.15) is 11.6 Å². The van der Waals surface area contributed by atoms with Gasteiger partial charge in [-0.2, -0.15) is 0 Å². The Labute approximate surface area is 119 Å². The van der Waals surface area contributed by atoms with Gasteiger partial charge in [-0.25, -0.2) is 9.37 Å². The topological polar surface area (TPSA) is 43.8 Å². The van der Waals surface area contributed by atoms with Gasteiger partial charge in [-0.1, -0.05) is 15.9 Å². The quantitative estimate of drug-likeness (QED) is 0.922. The van der Waals surface area contributed by atoms with Gasteiger partial charge in [-0.15, -0.1) is 0 Å². The number of halogens is 2. The summed E-state index contributed by atoms with van der Waals surface area (Å²) < 4.78 is 17.0. The van der Waals surface area contributed by atoms with E-state index in [0.29, 0.717) is 12.1 Å². The van der Waals surface area contributed by atoms with E-state index >= 15 is 0 Å². The summed E-state index contributed by atoms with van der Waals surface area (Å²) in [7, 11) is 0. The number of imidazole rings is 1. The number of nitrogens with two attached hydrogens (primary N) is 1. The van der Waals surface area contributed by atoms with Gasteiger partial charge in [0.15, 0.2) is 0 Å². The molecule has 0 bridgehead atoms. The summed E-state index contributed by atoms with van der Waals surface area (Å²) in [4.78, 5) is 4.56. The fourth-order valence-electron chi connectivity index (χ4n) is 2.67. The summed E-state index contributed by atoms with van der Waals surface area (Å²) in [5.74, 6) is 0.613. The van der Waals surface area contributed by atoms with Crippen molar-refractivity contribution >= 4 is 15.9 Å². The van der Waals surface area contributed by atoms with Crippen LogP contribution in [0, 0.1) is 5.82 Å². The Bertz CT molecular complexity index is 621. The maximum Gasteiger partial charge on any atom is 0.132 e. The zero-order valence-corrected chi connectivity index (χ0v) is 12.1. The highest BCUT2D eigenvalue weighted by Crippen LogP contribution is 2.32. The van der Waals surface area contributed by atoms with Gasteiger partial charge in [0.25, 0.3) is 0 Å². The normalized spacial score (nSPS) is 14.5. The molecule has 1 aliphatic heterocycles. The first-order chi connectivity index (χ1) is 9.20. The molecule has 0 saturated carbocycles. The zero-order valence-electron chi connectivity index (χ0n) is 10.5. The van der Waals surface area contributed by atoms with E-state index in [1.54, 1.807) is 12.1 Å². The molecule has 0 unspecified atom stereocenters. The maximum absolute atomic E-state index is 14.0. The first-order valence-electron chi connectivity index (χ1n) is 6.44. The second kappa shape index (κ2) is 5.06. The molecule has 2 N–H and O–H groups in total. The Morgan fingerprint density at radius 2 is 2.21 bits per heavy atom. The summed E-state index contributed by atoms with van der Waals surface area (Å²) in [6.45, 7) is 1.33. The van der Waals surface area contributed by atoms with Crippen LogP contribution in [0.5, 0.6) is 0 Å². The molecule has 2 aromatic rings. The van der Waals surface area contributed by atoms with Crippen LogP contribution in [0.4, 0.5) is 4.39 Å². The third-order valence-electron chi connectivity index (χ3n) is 3.56. The lowest BCUT2D eigenvalue weighted by Gasteiger charge is -2.17. The third-order valence-corrected chi connectivity index (χ3v) is 4.06. The lowest BCUT2D eigenvalue weighted by molar-refractivity contribution is 0.515. The Morgan fingerprint density at radius 1 is 1.37 bits per heavy atom. The van der Waals surface area contributed by atoms with Crippen LogP contribution in [0.25, 0.3) is 11.3 Å². The lowest BCUT2D eigenvalue weighted by Crippen LogP contribution is -2.15. The van der Waals surface area contributed by atoms with E-state index in [9.17, 15) is 4.39 Å². The highest BCUT2D eigenvalue weighted by atomic mass is 79.9. The average Bonchev–Trinajstić information content (AvgIpc) is 2.80. The number of hydrogen-bond acceptors (Lipinski definition) is 2. The Hall–Kier alpha value is -1.20. The largest absolute Gasteiger partial charge is 0.330 e. The summed E-state index contributed by atoms with van der Waals surface area (Å²) in [6, 6.07) is 4.95. The van der Waals surface area contributed by atoms with Gasteiger partial charge < -0.3 is 10.3 Å². The molecule has 2 heterocycles. The zero-order chi connectivity index (χ0) is 13.4. The van der Waals surface area contributed by atoms with Gasteiger partial charge in [-0.3, -0.25) is 0 Å². The molecule has 1 aromatic heterocycles. The van der Waals surface area contributed by atoms with E-state index < -0.39 is 0 Å². The second-order valence-corrected chi connectivity index (χ2v) is 5.68. The first kappa shape index (κ1) is 12.8. The number of aromatic nitrogens is 2. The number of nitrogens with zero attached hydrogens (tertiary/aromatic N) is 2. The minimum Gasteiger partial charge on any atom is -0.330 e. The fraction of sp³-hybridized carbons (Fsp3) is 0.357. The molecule has 0 radical (unpaired) electrons. The van der Waals surface area contributed by atoms with Crippen LogP contribution in [0.3, 0.4) is 0 Å². The van der Waals surface area contributed by atoms with Crippen molar-refractivity contribution in [1.29, 1.82) is 0 Å². The van der Waals surface area contributed by atoms with Crippen LogP contribution in [0.2, 0.25) is 0 Å². The molecule has 0 atom stereocenters. The molecule has 0 amide bonds. The molecule has 0 spiro atoms. The van der Waals surface area contributed by atoms with Crippen molar-refractivity contribution in [3.63, 3.8) is 0 Å². The van der Waals surface area contributed by atoms with E-state index in [2.05, 4.69) is 25.5 Å². The van der Waals surface area contributed by atoms with E-state index in [0.717, 1.165) is 47.5 Å². The average molecular weight is 324 g/mol. The second-order valence-electron chi connectivity index (χ2n) is 4.76. The molecule has 5 heteroatoms. The van der Waals surface area contributed by atoms with Gasteiger partial charge >= 0.3 is 0 Å². The molecule has 3 rings (SSSR count). The Balaban J connectivity index is 2.19. The van der Waals surface area contributed by atoms with Crippen molar-refractivity contribution in [2.45, 2.75) is 32.4 Å². The fourth-order valence-corrected chi connectivity index (χ4v) is 3.03. The molecule has 1 aliphatic rings. The maximum atomic E-state index is 14.0. The monoisotopic (exact) mass is 323 g/mol. The summed E-state index contributed by atoms with van der Waals surface area (Å²) in [6.07, 6.45) is 3.20. The SMILES string of the molecule is NCc1nc(-c2cc(Br)ccc2F)c2n1CCCC2. The number of hydrogen-bond donors (Lipinski definition) is 1. The number of fused-ring (bicyclic) bond motifs is 1. The summed E-state index contributed by atoms with van der Waals surface area (Å²) in [5.41, 5.74) is 8.17. The van der Waals surface area contributed by atoms with E-state index in [-0.39, 0.29) is 5.82 Å². The van der Waals surface area contributed by atoms with Crippen molar-refractivity contribution in [3.05, 3.63) is 40.0 Å². The standard InChI is InChI=1S/C14H15BrFN3/c15-9-4-5-11(16)10(7-9)14-12-3-1-2-6-19(12)13(8-17)18-14/h4-5,7H,1-3,6,8,17H2. The number of rotatable bonds is 2. The van der Waals surface area contributed by atoms with Crippen molar-refractivity contribution in [2.24, 2.45) is 5.73 Å². The Kier molecular flexibility index (Phi) is 3.41. The minimum absolute atomic E-state index is 0.238. The van der Waals surface area contributed by atoms with E-state index in [4.69, 9.17) is 5.73 Å². The molecule has 19 heavy (non-hydrogen) atoms. The van der Waals surface area contributed by atoms with Crippen LogP contribution in [0.1, 0.15) is 24.4 Å². The van der Waals surface area contributed by atoms with Gasteiger partial charge in [-0.05, 0) is 37.5 Å². The predicted octanol–water partition coefficient (Wildman–Crippen LogP) is 3.25. The first-order valence-corrected chi connectivity index (χ1v) is 7.24. The van der Waals surface area contributed by atoms with Gasteiger partial charge in [0.05, 0.1) is 12.2 Å². The highest BCUT2D eigenvalue weighted by Gasteiger charge is 2.22. The molecule has 0 aliphatic carbocycles. The van der Waals surface area contributed by atoms with E-state index in [1.807, 2.05) is 0 Å². The molecule has 0 fully saturated rings. The van der Waals surface area contributed by atoms with Crippen LogP contribution < -0.4 is 5.73 Å². The minimum atomic E-state index is -0.238. The third kappa shape index (κ3) is 2.21. The van der Waals surface area contributed by atoms with Crippen LogP contribution in [-0.2, 0) is 19.5 Å². The van der Waals surface area contributed by atoms with Crippen LogP contribution >= 0.6 is 15.9 Å². The van der Waals surface area contributed by atoms with Crippen LogP contribution in [0.15, 0.2) is 22.7 Å². The van der Waals surface area contributed by atoms with E-state index in [1.165, 1.54) is 6.07 Å². The molecule has 1 aromatic carbocycles. The highest BCUT2D eigenvalue weighted by molar-refractivity contribution is 9.10.